The Morgan fingerprint density at radius 2 is 1.89 bits per heavy atom. The summed E-state index contributed by atoms with van der Waals surface area (Å²) in [5.41, 5.74) is 1.61. The zero-order valence-electron chi connectivity index (χ0n) is 16.1. The van der Waals surface area contributed by atoms with Crippen molar-refractivity contribution in [1.29, 1.82) is 0 Å². The van der Waals surface area contributed by atoms with E-state index in [1.807, 2.05) is 37.1 Å². The van der Waals surface area contributed by atoms with E-state index in [-0.39, 0.29) is 23.6 Å². The number of amides is 3. The van der Waals surface area contributed by atoms with Crippen molar-refractivity contribution in [2.75, 3.05) is 38.1 Å². The van der Waals surface area contributed by atoms with E-state index in [9.17, 15) is 14.4 Å². The molecule has 2 saturated heterocycles. The Morgan fingerprint density at radius 1 is 1.19 bits per heavy atom. The highest BCUT2D eigenvalue weighted by atomic mass is 16.2. The lowest BCUT2D eigenvalue weighted by molar-refractivity contribution is -0.145. The van der Waals surface area contributed by atoms with E-state index in [4.69, 9.17) is 0 Å². The normalized spacial score (nSPS) is 24.5. The van der Waals surface area contributed by atoms with Gasteiger partial charge in [-0.1, -0.05) is 18.2 Å². The highest BCUT2D eigenvalue weighted by Gasteiger charge is 2.51. The van der Waals surface area contributed by atoms with E-state index < -0.39 is 5.41 Å². The number of rotatable bonds is 2. The lowest BCUT2D eigenvalue weighted by Crippen LogP contribution is -2.53. The van der Waals surface area contributed by atoms with Crippen molar-refractivity contribution in [3.05, 3.63) is 29.8 Å². The summed E-state index contributed by atoms with van der Waals surface area (Å²) in [7, 11) is 1.84. The quantitative estimate of drug-likeness (QED) is 0.798. The van der Waals surface area contributed by atoms with E-state index in [1.165, 1.54) is 0 Å². The van der Waals surface area contributed by atoms with Crippen LogP contribution >= 0.6 is 0 Å². The fourth-order valence-corrected chi connectivity index (χ4v) is 4.99. The highest BCUT2D eigenvalue weighted by molar-refractivity contribution is 6.08. The van der Waals surface area contributed by atoms with Gasteiger partial charge in [0.25, 0.3) is 0 Å². The van der Waals surface area contributed by atoms with Crippen LogP contribution in [0.25, 0.3) is 0 Å². The SMILES string of the molecule is CCN1C[C@@H](C(=O)N2CCC3(CC2)C(=O)N(C)c2ccccc23)CCC1=O. The number of anilines is 1. The van der Waals surface area contributed by atoms with Crippen molar-refractivity contribution in [3.8, 4) is 0 Å². The summed E-state index contributed by atoms with van der Waals surface area (Å²) in [6, 6.07) is 8.00. The number of para-hydroxylation sites is 1. The minimum atomic E-state index is -0.486. The predicted octanol–water partition coefficient (Wildman–Crippen LogP) is 1.78. The molecule has 0 N–H and O–H groups in total. The van der Waals surface area contributed by atoms with E-state index in [2.05, 4.69) is 6.07 Å². The van der Waals surface area contributed by atoms with Crippen LogP contribution in [0.3, 0.4) is 0 Å². The molecule has 1 aromatic rings. The van der Waals surface area contributed by atoms with E-state index in [0.29, 0.717) is 51.9 Å². The van der Waals surface area contributed by atoms with Crippen LogP contribution in [0.1, 0.15) is 38.2 Å². The lowest BCUT2D eigenvalue weighted by Gasteiger charge is -2.41. The number of likely N-dealkylation sites (tertiary alicyclic amines) is 2. The van der Waals surface area contributed by atoms with Gasteiger partial charge >= 0.3 is 0 Å². The molecule has 3 aliphatic rings. The summed E-state index contributed by atoms with van der Waals surface area (Å²) >= 11 is 0. The molecule has 1 atom stereocenters. The number of benzene rings is 1. The third kappa shape index (κ3) is 2.73. The van der Waals surface area contributed by atoms with Crippen molar-refractivity contribution < 1.29 is 14.4 Å². The van der Waals surface area contributed by atoms with Crippen LogP contribution in [0.15, 0.2) is 24.3 Å². The summed E-state index contributed by atoms with van der Waals surface area (Å²) in [5, 5.41) is 0. The Morgan fingerprint density at radius 3 is 2.59 bits per heavy atom. The molecule has 1 aromatic carbocycles. The highest BCUT2D eigenvalue weighted by Crippen LogP contribution is 2.47. The Balaban J connectivity index is 1.47. The van der Waals surface area contributed by atoms with Crippen molar-refractivity contribution >= 4 is 23.4 Å². The maximum Gasteiger partial charge on any atom is 0.237 e. The first-order valence-electron chi connectivity index (χ1n) is 9.92. The molecule has 3 heterocycles. The Kier molecular flexibility index (Phi) is 4.44. The van der Waals surface area contributed by atoms with Gasteiger partial charge in [0.1, 0.15) is 0 Å². The number of nitrogens with zero attached hydrogens (tertiary/aromatic N) is 3. The smallest absolute Gasteiger partial charge is 0.237 e. The lowest BCUT2D eigenvalue weighted by atomic mass is 9.73. The largest absolute Gasteiger partial charge is 0.342 e. The number of piperidine rings is 2. The van der Waals surface area contributed by atoms with Gasteiger partial charge in [-0.05, 0) is 37.8 Å². The van der Waals surface area contributed by atoms with Crippen LogP contribution in [0, 0.1) is 5.92 Å². The minimum absolute atomic E-state index is 0.106. The van der Waals surface area contributed by atoms with Gasteiger partial charge in [0.15, 0.2) is 0 Å². The van der Waals surface area contributed by atoms with Crippen LogP contribution in [0.2, 0.25) is 0 Å². The van der Waals surface area contributed by atoms with Crippen LogP contribution in [-0.2, 0) is 19.8 Å². The molecule has 144 valence electrons. The summed E-state index contributed by atoms with van der Waals surface area (Å²) < 4.78 is 0. The molecule has 0 aliphatic carbocycles. The first-order chi connectivity index (χ1) is 13.0. The Bertz CT molecular complexity index is 783. The van der Waals surface area contributed by atoms with E-state index in [1.54, 1.807) is 9.80 Å². The minimum Gasteiger partial charge on any atom is -0.342 e. The molecule has 0 bridgehead atoms. The Labute approximate surface area is 160 Å². The second kappa shape index (κ2) is 6.66. The van der Waals surface area contributed by atoms with Gasteiger partial charge in [-0.2, -0.15) is 0 Å². The van der Waals surface area contributed by atoms with Gasteiger partial charge in [-0.25, -0.2) is 0 Å². The van der Waals surface area contributed by atoms with Crippen molar-refractivity contribution in [2.24, 2.45) is 5.92 Å². The number of carbonyl (C=O) groups is 3. The monoisotopic (exact) mass is 369 g/mol. The third-order valence-electron chi connectivity index (χ3n) is 6.65. The molecule has 0 saturated carbocycles. The number of hydrogen-bond acceptors (Lipinski definition) is 3. The molecule has 3 aliphatic heterocycles. The summed E-state index contributed by atoms with van der Waals surface area (Å²) in [5.74, 6) is 0.334. The second-order valence-electron chi connectivity index (χ2n) is 7.96. The van der Waals surface area contributed by atoms with Crippen molar-refractivity contribution in [1.82, 2.24) is 9.80 Å². The molecule has 2 fully saturated rings. The third-order valence-corrected chi connectivity index (χ3v) is 6.65. The maximum absolute atomic E-state index is 13.0. The average molecular weight is 369 g/mol. The first kappa shape index (κ1) is 18.0. The van der Waals surface area contributed by atoms with Gasteiger partial charge < -0.3 is 14.7 Å². The average Bonchev–Trinajstić information content (AvgIpc) is 2.91. The summed E-state index contributed by atoms with van der Waals surface area (Å²) in [6.07, 6.45) is 2.43. The second-order valence-corrected chi connectivity index (χ2v) is 7.96. The van der Waals surface area contributed by atoms with Gasteiger partial charge in [-0.3, -0.25) is 14.4 Å². The molecule has 0 aromatic heterocycles. The van der Waals surface area contributed by atoms with E-state index in [0.717, 1.165) is 11.3 Å². The number of hydrogen-bond donors (Lipinski definition) is 0. The van der Waals surface area contributed by atoms with Gasteiger partial charge in [0.2, 0.25) is 17.7 Å². The molecular formula is C21H27N3O3. The van der Waals surface area contributed by atoms with E-state index >= 15 is 0 Å². The molecule has 6 heteroatoms. The zero-order chi connectivity index (χ0) is 19.2. The molecule has 3 amide bonds. The van der Waals surface area contributed by atoms with Gasteiger partial charge in [0.05, 0.1) is 11.3 Å². The van der Waals surface area contributed by atoms with Gasteiger partial charge in [-0.15, -0.1) is 0 Å². The molecule has 0 radical (unpaired) electrons. The summed E-state index contributed by atoms with van der Waals surface area (Å²) in [6.45, 7) is 4.34. The fraction of sp³-hybridized carbons (Fsp3) is 0.571. The van der Waals surface area contributed by atoms with Gasteiger partial charge in [0, 0.05) is 45.3 Å². The standard InChI is InChI=1S/C21H27N3O3/c1-3-23-14-15(8-9-18(23)25)19(26)24-12-10-21(11-13-24)16-6-4-5-7-17(16)22(2)20(21)27/h4-7,15H,3,8-14H2,1-2H3/t15-/m0/s1. The molecule has 0 unspecified atom stereocenters. The van der Waals surface area contributed by atoms with Crippen LogP contribution in [0.5, 0.6) is 0 Å². The van der Waals surface area contributed by atoms with Crippen molar-refractivity contribution in [2.45, 2.75) is 38.0 Å². The predicted molar refractivity (Wildman–Crippen MR) is 102 cm³/mol. The summed E-state index contributed by atoms with van der Waals surface area (Å²) in [4.78, 5) is 43.4. The van der Waals surface area contributed by atoms with Crippen molar-refractivity contribution in [3.63, 3.8) is 0 Å². The molecule has 4 rings (SSSR count). The van der Waals surface area contributed by atoms with Crippen LogP contribution < -0.4 is 4.90 Å². The zero-order valence-corrected chi connectivity index (χ0v) is 16.1. The molecule has 6 nitrogen and oxygen atoms in total. The molecule has 1 spiro atoms. The fourth-order valence-electron chi connectivity index (χ4n) is 4.99. The number of fused-ring (bicyclic) bond motifs is 2. The Hall–Kier alpha value is -2.37. The van der Waals surface area contributed by atoms with Crippen LogP contribution in [0.4, 0.5) is 5.69 Å². The number of likely N-dealkylation sites (N-methyl/N-ethyl adjacent to an activating group) is 1. The number of carbonyl (C=O) groups excluding carboxylic acids is 3. The molecular weight excluding hydrogens is 342 g/mol. The van der Waals surface area contributed by atoms with Crippen LogP contribution in [-0.4, -0.2) is 60.7 Å². The topological polar surface area (TPSA) is 60.9 Å². The maximum atomic E-state index is 13.0. The molecule has 27 heavy (non-hydrogen) atoms. The first-order valence-corrected chi connectivity index (χ1v) is 9.92.